The second kappa shape index (κ2) is 5.48. The lowest BCUT2D eigenvalue weighted by atomic mass is 9.86. The van der Waals surface area contributed by atoms with Crippen molar-refractivity contribution in [2.45, 2.75) is 23.0 Å². The summed E-state index contributed by atoms with van der Waals surface area (Å²) in [5, 5.41) is 2.81. The summed E-state index contributed by atoms with van der Waals surface area (Å²) in [4.78, 5) is 11.5. The highest BCUT2D eigenvalue weighted by Gasteiger charge is 2.45. The second-order valence-corrected chi connectivity index (χ2v) is 7.93. The molecule has 3 nitrogen and oxygen atoms in total. The monoisotopic (exact) mass is 313 g/mol. The average Bonchev–Trinajstić information content (AvgIpc) is 2.91. The third kappa shape index (κ3) is 2.29. The van der Waals surface area contributed by atoms with Crippen molar-refractivity contribution in [3.05, 3.63) is 35.1 Å². The summed E-state index contributed by atoms with van der Waals surface area (Å²) in [6.07, 6.45) is 1.21. The van der Waals surface area contributed by atoms with Gasteiger partial charge in [-0.1, -0.05) is 12.1 Å². The molecule has 0 saturated carbocycles. The summed E-state index contributed by atoms with van der Waals surface area (Å²) >= 11 is 3.66. The lowest BCUT2D eigenvalue weighted by molar-refractivity contribution is 0.165. The Morgan fingerprint density at radius 2 is 2.20 bits per heavy atom. The van der Waals surface area contributed by atoms with Crippen LogP contribution in [-0.2, 0) is 8.82 Å². The third-order valence-corrected chi connectivity index (χ3v) is 7.33. The first-order valence-corrected chi connectivity index (χ1v) is 8.55. The molecule has 1 aliphatic carbocycles. The standard InChI is InChI=1S/C14H16FNO2S2/c1-18-13(17)16-11-5-6-14(19-7-8-20-14)12-9(11)3-2-4-10(12)15/h2-4,11H,5-8H2,1H3,(H,16,17). The molecule has 6 heteroatoms. The minimum atomic E-state index is -0.465. The molecule has 1 amide bonds. The molecule has 1 aromatic rings. The molecule has 1 fully saturated rings. The van der Waals surface area contributed by atoms with E-state index in [1.54, 1.807) is 6.07 Å². The molecule has 1 heterocycles. The van der Waals surface area contributed by atoms with E-state index in [2.05, 4.69) is 10.1 Å². The van der Waals surface area contributed by atoms with E-state index in [9.17, 15) is 9.18 Å². The zero-order chi connectivity index (χ0) is 14.2. The van der Waals surface area contributed by atoms with Crippen LogP contribution in [0.3, 0.4) is 0 Å². The Morgan fingerprint density at radius 3 is 2.90 bits per heavy atom. The highest BCUT2D eigenvalue weighted by atomic mass is 32.2. The zero-order valence-electron chi connectivity index (χ0n) is 11.1. The van der Waals surface area contributed by atoms with Gasteiger partial charge in [0.2, 0.25) is 0 Å². The lowest BCUT2D eigenvalue weighted by Crippen LogP contribution is -2.35. The first kappa shape index (κ1) is 14.1. The van der Waals surface area contributed by atoms with Crippen LogP contribution in [0, 0.1) is 5.82 Å². The fraction of sp³-hybridized carbons (Fsp3) is 0.500. The van der Waals surface area contributed by atoms with Gasteiger partial charge in [-0.15, -0.1) is 23.5 Å². The number of hydrogen-bond donors (Lipinski definition) is 1. The molecule has 2 aliphatic rings. The number of rotatable bonds is 1. The molecule has 0 bridgehead atoms. The SMILES string of the molecule is COC(=O)NC1CCC2(SCCS2)c2c(F)cccc21. The molecule has 1 aromatic carbocycles. The lowest BCUT2D eigenvalue weighted by Gasteiger charge is -2.38. The Bertz CT molecular complexity index is 532. The number of halogens is 1. The number of ether oxygens (including phenoxy) is 1. The summed E-state index contributed by atoms with van der Waals surface area (Å²) in [6.45, 7) is 0. The van der Waals surface area contributed by atoms with E-state index in [0.717, 1.165) is 35.5 Å². The van der Waals surface area contributed by atoms with Crippen molar-refractivity contribution in [1.82, 2.24) is 5.32 Å². The van der Waals surface area contributed by atoms with Gasteiger partial charge in [-0.3, -0.25) is 0 Å². The van der Waals surface area contributed by atoms with Crippen molar-refractivity contribution < 1.29 is 13.9 Å². The van der Waals surface area contributed by atoms with Crippen LogP contribution < -0.4 is 5.32 Å². The highest BCUT2D eigenvalue weighted by molar-refractivity contribution is 8.20. The van der Waals surface area contributed by atoms with Crippen LogP contribution in [0.4, 0.5) is 9.18 Å². The molecule has 0 radical (unpaired) electrons. The molecule has 1 atom stereocenters. The molecule has 0 aromatic heterocycles. The molecule has 1 aliphatic heterocycles. The quantitative estimate of drug-likeness (QED) is 0.859. The number of benzene rings is 1. The Morgan fingerprint density at radius 1 is 1.45 bits per heavy atom. The molecule has 1 unspecified atom stereocenters. The fourth-order valence-corrected chi connectivity index (χ4v) is 6.35. The van der Waals surface area contributed by atoms with E-state index < -0.39 is 6.09 Å². The number of fused-ring (bicyclic) bond motifs is 2. The average molecular weight is 313 g/mol. The van der Waals surface area contributed by atoms with E-state index >= 15 is 0 Å². The van der Waals surface area contributed by atoms with Crippen molar-refractivity contribution in [3.63, 3.8) is 0 Å². The van der Waals surface area contributed by atoms with Crippen LogP contribution in [-0.4, -0.2) is 24.7 Å². The summed E-state index contributed by atoms with van der Waals surface area (Å²) in [7, 11) is 1.34. The van der Waals surface area contributed by atoms with E-state index in [-0.39, 0.29) is 15.9 Å². The van der Waals surface area contributed by atoms with E-state index in [1.807, 2.05) is 29.6 Å². The predicted molar refractivity (Wildman–Crippen MR) is 80.5 cm³/mol. The van der Waals surface area contributed by atoms with Gasteiger partial charge >= 0.3 is 6.09 Å². The van der Waals surface area contributed by atoms with Crippen LogP contribution in [0.2, 0.25) is 0 Å². The maximum Gasteiger partial charge on any atom is 0.407 e. The summed E-state index contributed by atoms with van der Waals surface area (Å²) in [5.41, 5.74) is 1.66. The number of thioether (sulfide) groups is 2. The molecular weight excluding hydrogens is 297 g/mol. The van der Waals surface area contributed by atoms with E-state index in [0.29, 0.717) is 0 Å². The Labute approximate surface area is 126 Å². The Kier molecular flexibility index (Phi) is 3.86. The number of amides is 1. The summed E-state index contributed by atoms with van der Waals surface area (Å²) < 4.78 is 18.9. The molecule has 1 spiro atoms. The van der Waals surface area contributed by atoms with Crippen molar-refractivity contribution in [2.24, 2.45) is 0 Å². The topological polar surface area (TPSA) is 38.3 Å². The van der Waals surface area contributed by atoms with E-state index in [4.69, 9.17) is 0 Å². The van der Waals surface area contributed by atoms with Gasteiger partial charge in [0.25, 0.3) is 0 Å². The molecule has 3 rings (SSSR count). The second-order valence-electron chi connectivity index (χ2n) is 4.88. The van der Waals surface area contributed by atoms with Crippen LogP contribution in [0.1, 0.15) is 30.0 Å². The smallest absolute Gasteiger partial charge is 0.407 e. The normalized spacial score (nSPS) is 23.4. The molecule has 108 valence electrons. The van der Waals surface area contributed by atoms with Crippen LogP contribution in [0.5, 0.6) is 0 Å². The van der Waals surface area contributed by atoms with Crippen molar-refractivity contribution in [3.8, 4) is 0 Å². The van der Waals surface area contributed by atoms with Gasteiger partial charge in [0, 0.05) is 17.1 Å². The van der Waals surface area contributed by atoms with Crippen LogP contribution in [0.25, 0.3) is 0 Å². The highest BCUT2D eigenvalue weighted by Crippen LogP contribution is 2.59. The number of nitrogens with one attached hydrogen (secondary N) is 1. The van der Waals surface area contributed by atoms with Crippen molar-refractivity contribution in [1.29, 1.82) is 0 Å². The molecule has 1 N–H and O–H groups in total. The maximum absolute atomic E-state index is 14.4. The van der Waals surface area contributed by atoms with Crippen molar-refractivity contribution >= 4 is 29.6 Å². The summed E-state index contributed by atoms with van der Waals surface area (Å²) in [6, 6.07) is 4.98. The Hall–Kier alpha value is -0.880. The first-order chi connectivity index (χ1) is 9.66. The minimum Gasteiger partial charge on any atom is -0.453 e. The first-order valence-electron chi connectivity index (χ1n) is 6.57. The zero-order valence-corrected chi connectivity index (χ0v) is 12.8. The fourth-order valence-electron chi connectivity index (χ4n) is 2.94. The van der Waals surface area contributed by atoms with E-state index in [1.165, 1.54) is 13.2 Å². The number of carbonyl (C=O) groups is 1. The molecule has 1 saturated heterocycles. The van der Waals surface area contributed by atoms with Crippen LogP contribution in [0.15, 0.2) is 18.2 Å². The van der Waals surface area contributed by atoms with Gasteiger partial charge in [-0.05, 0) is 24.5 Å². The van der Waals surface area contributed by atoms with Gasteiger partial charge in [0.1, 0.15) is 5.82 Å². The Balaban J connectivity index is 2.01. The van der Waals surface area contributed by atoms with Gasteiger partial charge in [0.15, 0.2) is 0 Å². The van der Waals surface area contributed by atoms with Gasteiger partial charge in [-0.2, -0.15) is 0 Å². The number of hydrogen-bond acceptors (Lipinski definition) is 4. The molecular formula is C14H16FNO2S2. The largest absolute Gasteiger partial charge is 0.453 e. The molecule has 20 heavy (non-hydrogen) atoms. The predicted octanol–water partition coefficient (Wildman–Crippen LogP) is 3.65. The summed E-state index contributed by atoms with van der Waals surface area (Å²) in [5.74, 6) is 1.93. The maximum atomic E-state index is 14.4. The third-order valence-electron chi connectivity index (χ3n) is 3.80. The number of methoxy groups -OCH3 is 1. The number of alkyl carbamates (subject to hydrolysis) is 1. The van der Waals surface area contributed by atoms with Gasteiger partial charge < -0.3 is 10.1 Å². The van der Waals surface area contributed by atoms with Gasteiger partial charge in [-0.25, -0.2) is 9.18 Å². The van der Waals surface area contributed by atoms with Crippen molar-refractivity contribution in [2.75, 3.05) is 18.6 Å². The minimum absolute atomic E-state index is 0.166. The van der Waals surface area contributed by atoms with Gasteiger partial charge in [0.05, 0.1) is 17.2 Å². The number of carbonyl (C=O) groups excluding carboxylic acids is 1. The van der Waals surface area contributed by atoms with Crippen LogP contribution >= 0.6 is 23.5 Å².